The molecule has 1 heteroatoms. The summed E-state index contributed by atoms with van der Waals surface area (Å²) in [5.74, 6) is 0. The van der Waals surface area contributed by atoms with E-state index in [-0.39, 0.29) is 0 Å². The lowest BCUT2D eigenvalue weighted by atomic mass is 10.2. The quantitative estimate of drug-likeness (QED) is 0.711. The van der Waals surface area contributed by atoms with Crippen LogP contribution in [-0.4, -0.2) is 4.57 Å². The Morgan fingerprint density at radius 2 is 1.87 bits per heavy atom. The van der Waals surface area contributed by atoms with Gasteiger partial charge in [0, 0.05) is 25.4 Å². The standard InChI is InChI=1S/C14H15N/c1-15-12-6-11-14(15)10-5-9-13-7-3-2-4-8-13/h2-9,11-12H,10H2,1H3/b9-5+. The Morgan fingerprint density at radius 1 is 1.07 bits per heavy atom. The van der Waals surface area contributed by atoms with E-state index in [1.165, 1.54) is 11.3 Å². The van der Waals surface area contributed by atoms with E-state index in [1.807, 2.05) is 6.07 Å². The molecule has 0 radical (unpaired) electrons. The average molecular weight is 197 g/mol. The van der Waals surface area contributed by atoms with Crippen LogP contribution in [0.5, 0.6) is 0 Å². The lowest BCUT2D eigenvalue weighted by Gasteiger charge is -1.98. The van der Waals surface area contributed by atoms with Crippen LogP contribution in [0, 0.1) is 0 Å². The second-order valence-corrected chi connectivity index (χ2v) is 3.63. The number of hydrogen-bond acceptors (Lipinski definition) is 0. The van der Waals surface area contributed by atoms with Gasteiger partial charge in [-0.3, -0.25) is 0 Å². The molecule has 2 rings (SSSR count). The average Bonchev–Trinajstić information content (AvgIpc) is 2.66. The van der Waals surface area contributed by atoms with Gasteiger partial charge in [0.15, 0.2) is 0 Å². The number of aryl methyl sites for hydroxylation is 1. The maximum Gasteiger partial charge on any atom is 0.0209 e. The molecule has 0 aliphatic heterocycles. The van der Waals surface area contributed by atoms with Crippen LogP contribution in [0.3, 0.4) is 0 Å². The second kappa shape index (κ2) is 4.65. The maximum absolute atomic E-state index is 2.20. The summed E-state index contributed by atoms with van der Waals surface area (Å²) < 4.78 is 2.15. The third-order valence-corrected chi connectivity index (χ3v) is 2.49. The van der Waals surface area contributed by atoms with Crippen molar-refractivity contribution in [2.45, 2.75) is 6.42 Å². The highest BCUT2D eigenvalue weighted by Crippen LogP contribution is 2.05. The number of rotatable bonds is 3. The topological polar surface area (TPSA) is 4.93 Å². The number of benzene rings is 1. The molecule has 0 saturated carbocycles. The van der Waals surface area contributed by atoms with Crippen molar-refractivity contribution >= 4 is 6.08 Å². The largest absolute Gasteiger partial charge is 0.354 e. The molecule has 0 bridgehead atoms. The monoisotopic (exact) mass is 197 g/mol. The van der Waals surface area contributed by atoms with E-state index in [9.17, 15) is 0 Å². The molecular formula is C14H15N. The molecule has 0 aliphatic carbocycles. The maximum atomic E-state index is 2.20. The molecule has 0 atom stereocenters. The molecule has 76 valence electrons. The third-order valence-electron chi connectivity index (χ3n) is 2.49. The molecule has 0 aliphatic rings. The molecule has 1 heterocycles. The number of nitrogens with zero attached hydrogens (tertiary/aromatic N) is 1. The van der Waals surface area contributed by atoms with Crippen molar-refractivity contribution in [1.29, 1.82) is 0 Å². The van der Waals surface area contributed by atoms with E-state index < -0.39 is 0 Å². The fourth-order valence-corrected chi connectivity index (χ4v) is 1.59. The van der Waals surface area contributed by atoms with Crippen molar-refractivity contribution in [2.24, 2.45) is 7.05 Å². The molecule has 1 aromatic carbocycles. The first-order chi connectivity index (χ1) is 7.36. The van der Waals surface area contributed by atoms with Gasteiger partial charge in [0.25, 0.3) is 0 Å². The van der Waals surface area contributed by atoms with E-state index in [0.29, 0.717) is 0 Å². The Labute approximate surface area is 90.7 Å². The van der Waals surface area contributed by atoms with Crippen LogP contribution >= 0.6 is 0 Å². The van der Waals surface area contributed by atoms with Gasteiger partial charge in [-0.15, -0.1) is 0 Å². The van der Waals surface area contributed by atoms with Gasteiger partial charge in [0.1, 0.15) is 0 Å². The van der Waals surface area contributed by atoms with Crippen molar-refractivity contribution in [3.63, 3.8) is 0 Å². The van der Waals surface area contributed by atoms with E-state index in [2.05, 4.69) is 66.4 Å². The Morgan fingerprint density at radius 3 is 2.53 bits per heavy atom. The second-order valence-electron chi connectivity index (χ2n) is 3.63. The van der Waals surface area contributed by atoms with Gasteiger partial charge in [-0.05, 0) is 17.7 Å². The molecule has 1 aromatic heterocycles. The van der Waals surface area contributed by atoms with Crippen LogP contribution in [0.1, 0.15) is 11.3 Å². The molecule has 2 aromatic rings. The van der Waals surface area contributed by atoms with E-state index in [4.69, 9.17) is 0 Å². The Balaban J connectivity index is 2.00. The minimum Gasteiger partial charge on any atom is -0.354 e. The normalized spacial score (nSPS) is 11.0. The van der Waals surface area contributed by atoms with Crippen molar-refractivity contribution in [2.75, 3.05) is 0 Å². The molecule has 1 nitrogen and oxygen atoms in total. The molecule has 0 unspecified atom stereocenters. The van der Waals surface area contributed by atoms with Crippen LogP contribution in [0.15, 0.2) is 54.7 Å². The third kappa shape index (κ3) is 2.59. The summed E-state index contributed by atoms with van der Waals surface area (Å²) in [5, 5.41) is 0. The summed E-state index contributed by atoms with van der Waals surface area (Å²) in [7, 11) is 2.08. The molecule has 0 saturated heterocycles. The fourth-order valence-electron chi connectivity index (χ4n) is 1.59. The van der Waals surface area contributed by atoms with E-state index >= 15 is 0 Å². The summed E-state index contributed by atoms with van der Waals surface area (Å²) in [6, 6.07) is 14.6. The first-order valence-corrected chi connectivity index (χ1v) is 5.18. The zero-order valence-electron chi connectivity index (χ0n) is 8.93. The van der Waals surface area contributed by atoms with Crippen molar-refractivity contribution in [1.82, 2.24) is 4.57 Å². The van der Waals surface area contributed by atoms with Crippen molar-refractivity contribution < 1.29 is 0 Å². The van der Waals surface area contributed by atoms with Crippen molar-refractivity contribution in [3.8, 4) is 0 Å². The fraction of sp³-hybridized carbons (Fsp3) is 0.143. The minimum atomic E-state index is 0.985. The van der Waals surface area contributed by atoms with Crippen LogP contribution < -0.4 is 0 Å². The first kappa shape index (κ1) is 9.78. The minimum absolute atomic E-state index is 0.985. The van der Waals surface area contributed by atoms with Gasteiger partial charge in [0.05, 0.1) is 0 Å². The molecule has 0 spiro atoms. The van der Waals surface area contributed by atoms with Gasteiger partial charge < -0.3 is 4.57 Å². The van der Waals surface area contributed by atoms with Crippen LogP contribution in [0.25, 0.3) is 6.08 Å². The van der Waals surface area contributed by atoms with Gasteiger partial charge in [-0.25, -0.2) is 0 Å². The SMILES string of the molecule is Cn1cccc1C/C=C/c1ccccc1. The highest BCUT2D eigenvalue weighted by atomic mass is 14.9. The lowest BCUT2D eigenvalue weighted by Crippen LogP contribution is -1.91. The molecular weight excluding hydrogens is 182 g/mol. The highest BCUT2D eigenvalue weighted by molar-refractivity contribution is 5.49. The van der Waals surface area contributed by atoms with Crippen LogP contribution in [-0.2, 0) is 13.5 Å². The van der Waals surface area contributed by atoms with Gasteiger partial charge in [-0.2, -0.15) is 0 Å². The Kier molecular flexibility index (Phi) is 3.03. The molecule has 0 N–H and O–H groups in total. The predicted octanol–water partition coefficient (Wildman–Crippen LogP) is 3.28. The molecule has 0 amide bonds. The summed E-state index contributed by atoms with van der Waals surface area (Å²) in [6.07, 6.45) is 7.42. The summed E-state index contributed by atoms with van der Waals surface area (Å²) in [5.41, 5.74) is 2.59. The molecule has 0 fully saturated rings. The van der Waals surface area contributed by atoms with Crippen molar-refractivity contribution in [3.05, 3.63) is 66.0 Å². The van der Waals surface area contributed by atoms with E-state index in [1.54, 1.807) is 0 Å². The van der Waals surface area contributed by atoms with Crippen LogP contribution in [0.4, 0.5) is 0 Å². The number of aromatic nitrogens is 1. The smallest absolute Gasteiger partial charge is 0.0209 e. The Hall–Kier alpha value is -1.76. The highest BCUT2D eigenvalue weighted by Gasteiger charge is 1.92. The van der Waals surface area contributed by atoms with E-state index in [0.717, 1.165) is 6.42 Å². The van der Waals surface area contributed by atoms with Gasteiger partial charge in [0.2, 0.25) is 0 Å². The van der Waals surface area contributed by atoms with Gasteiger partial charge >= 0.3 is 0 Å². The summed E-state index contributed by atoms with van der Waals surface area (Å²) >= 11 is 0. The number of hydrogen-bond donors (Lipinski definition) is 0. The predicted molar refractivity (Wildman–Crippen MR) is 64.6 cm³/mol. The van der Waals surface area contributed by atoms with Gasteiger partial charge in [-0.1, -0.05) is 42.5 Å². The molecule has 15 heavy (non-hydrogen) atoms. The zero-order chi connectivity index (χ0) is 10.5. The Bertz CT molecular complexity index is 437. The summed E-state index contributed by atoms with van der Waals surface area (Å²) in [6.45, 7) is 0. The zero-order valence-corrected chi connectivity index (χ0v) is 8.93. The van der Waals surface area contributed by atoms with Crippen LogP contribution in [0.2, 0.25) is 0 Å². The summed E-state index contributed by atoms with van der Waals surface area (Å²) in [4.78, 5) is 0. The first-order valence-electron chi connectivity index (χ1n) is 5.18. The lowest BCUT2D eigenvalue weighted by molar-refractivity contribution is 0.859. The number of allylic oxidation sites excluding steroid dienone is 1.